The summed E-state index contributed by atoms with van der Waals surface area (Å²) in [6, 6.07) is 7.41. The van der Waals surface area contributed by atoms with Gasteiger partial charge in [0.05, 0.1) is 30.4 Å². The summed E-state index contributed by atoms with van der Waals surface area (Å²) in [5.74, 6) is -0.0436. The van der Waals surface area contributed by atoms with Gasteiger partial charge in [0, 0.05) is 44.6 Å². The Morgan fingerprint density at radius 1 is 1.17 bits per heavy atom. The Bertz CT molecular complexity index is 1090. The standard InChI is InChI=1S/C20H24N6O3/c1-14-11-18(22-23(14)2)20(29)25-7-5-24(6-8-25)15-3-4-16-17(12-15)21-13-26(9-10-27)19(16)28/h3-4,11-13,27H,5-10H2,1-2H3. The smallest absolute Gasteiger partial charge is 0.274 e. The molecule has 1 aliphatic rings. The van der Waals surface area contributed by atoms with Crippen LogP contribution in [0.5, 0.6) is 0 Å². The third-order valence-electron chi connectivity index (χ3n) is 5.41. The molecule has 1 N–H and O–H groups in total. The molecule has 3 aromatic rings. The van der Waals surface area contributed by atoms with E-state index in [-0.39, 0.29) is 24.6 Å². The van der Waals surface area contributed by atoms with Gasteiger partial charge in [-0.05, 0) is 31.2 Å². The minimum atomic E-state index is -0.156. The highest BCUT2D eigenvalue weighted by Gasteiger charge is 2.24. The molecule has 1 aliphatic heterocycles. The van der Waals surface area contributed by atoms with Crippen molar-refractivity contribution in [2.45, 2.75) is 13.5 Å². The van der Waals surface area contributed by atoms with Crippen LogP contribution >= 0.6 is 0 Å². The molecule has 9 heteroatoms. The molecule has 1 saturated heterocycles. The van der Waals surface area contributed by atoms with Crippen molar-refractivity contribution in [3.63, 3.8) is 0 Å². The number of amides is 1. The molecule has 3 heterocycles. The lowest BCUT2D eigenvalue weighted by atomic mass is 10.2. The maximum absolute atomic E-state index is 12.7. The summed E-state index contributed by atoms with van der Waals surface area (Å²) < 4.78 is 3.12. The van der Waals surface area contributed by atoms with Crippen molar-refractivity contribution in [2.24, 2.45) is 7.05 Å². The third-order valence-corrected chi connectivity index (χ3v) is 5.41. The van der Waals surface area contributed by atoms with Gasteiger partial charge in [-0.3, -0.25) is 18.8 Å². The molecule has 0 spiro atoms. The molecule has 1 amide bonds. The van der Waals surface area contributed by atoms with Gasteiger partial charge in [0.15, 0.2) is 5.69 Å². The molecule has 2 aromatic heterocycles. The number of hydrogen-bond acceptors (Lipinski definition) is 6. The number of anilines is 1. The summed E-state index contributed by atoms with van der Waals surface area (Å²) in [5, 5.41) is 13.9. The number of benzene rings is 1. The number of hydrogen-bond donors (Lipinski definition) is 1. The van der Waals surface area contributed by atoms with E-state index in [1.165, 1.54) is 10.9 Å². The summed E-state index contributed by atoms with van der Waals surface area (Å²) in [4.78, 5) is 33.5. The van der Waals surface area contributed by atoms with Crippen molar-refractivity contribution < 1.29 is 9.90 Å². The molecule has 0 saturated carbocycles. The number of carbonyl (C=O) groups excluding carboxylic acids is 1. The van der Waals surface area contributed by atoms with Gasteiger partial charge >= 0.3 is 0 Å². The van der Waals surface area contributed by atoms with Gasteiger partial charge in [-0.25, -0.2) is 4.98 Å². The second-order valence-electron chi connectivity index (χ2n) is 7.24. The van der Waals surface area contributed by atoms with Gasteiger partial charge in [-0.15, -0.1) is 0 Å². The largest absolute Gasteiger partial charge is 0.395 e. The van der Waals surface area contributed by atoms with E-state index in [2.05, 4.69) is 15.0 Å². The lowest BCUT2D eigenvalue weighted by Crippen LogP contribution is -2.49. The lowest BCUT2D eigenvalue weighted by Gasteiger charge is -2.35. The van der Waals surface area contributed by atoms with Gasteiger partial charge in [-0.1, -0.05) is 0 Å². The van der Waals surface area contributed by atoms with E-state index in [1.54, 1.807) is 10.7 Å². The minimum Gasteiger partial charge on any atom is -0.395 e. The molecule has 0 radical (unpaired) electrons. The van der Waals surface area contributed by atoms with Gasteiger partial charge in [-0.2, -0.15) is 5.10 Å². The highest BCUT2D eigenvalue weighted by atomic mass is 16.3. The van der Waals surface area contributed by atoms with Crippen molar-refractivity contribution in [1.29, 1.82) is 0 Å². The molecule has 152 valence electrons. The minimum absolute atomic E-state index is 0.0436. The number of nitrogens with zero attached hydrogens (tertiary/aromatic N) is 6. The fourth-order valence-corrected chi connectivity index (χ4v) is 3.61. The number of rotatable bonds is 4. The Hall–Kier alpha value is -3.20. The fourth-order valence-electron chi connectivity index (χ4n) is 3.61. The van der Waals surface area contributed by atoms with Crippen LogP contribution in [-0.2, 0) is 13.6 Å². The summed E-state index contributed by atoms with van der Waals surface area (Å²) in [7, 11) is 1.83. The summed E-state index contributed by atoms with van der Waals surface area (Å²) in [6.45, 7) is 4.67. The Kier molecular flexibility index (Phi) is 5.06. The number of fused-ring (bicyclic) bond motifs is 1. The van der Waals surface area contributed by atoms with Crippen LogP contribution in [-0.4, -0.2) is 68.0 Å². The first kappa shape index (κ1) is 19.1. The topological polar surface area (TPSA) is 96.5 Å². The second kappa shape index (κ2) is 7.67. The highest BCUT2D eigenvalue weighted by molar-refractivity contribution is 5.92. The Labute approximate surface area is 167 Å². The van der Waals surface area contributed by atoms with Crippen LogP contribution in [0.4, 0.5) is 5.69 Å². The first-order chi connectivity index (χ1) is 14.0. The lowest BCUT2D eigenvalue weighted by molar-refractivity contribution is 0.0740. The van der Waals surface area contributed by atoms with Crippen molar-refractivity contribution >= 4 is 22.5 Å². The highest BCUT2D eigenvalue weighted by Crippen LogP contribution is 2.21. The first-order valence-electron chi connectivity index (χ1n) is 9.63. The Balaban J connectivity index is 1.48. The molecule has 9 nitrogen and oxygen atoms in total. The van der Waals surface area contributed by atoms with Crippen LogP contribution < -0.4 is 10.5 Å². The average Bonchev–Trinajstić information content (AvgIpc) is 3.08. The van der Waals surface area contributed by atoms with Crippen molar-refractivity contribution in [3.8, 4) is 0 Å². The quantitative estimate of drug-likeness (QED) is 0.686. The average molecular weight is 396 g/mol. The molecule has 1 fully saturated rings. The molecule has 0 atom stereocenters. The molecule has 4 rings (SSSR count). The number of aliphatic hydroxyl groups is 1. The number of aryl methyl sites for hydroxylation is 2. The van der Waals surface area contributed by atoms with Crippen molar-refractivity contribution in [3.05, 3.63) is 52.3 Å². The third kappa shape index (κ3) is 3.61. The van der Waals surface area contributed by atoms with Crippen LogP contribution in [0.1, 0.15) is 16.2 Å². The first-order valence-corrected chi connectivity index (χ1v) is 9.63. The van der Waals surface area contributed by atoms with Gasteiger partial charge in [0.25, 0.3) is 11.5 Å². The zero-order valence-corrected chi connectivity index (χ0v) is 16.6. The molecule has 1 aromatic carbocycles. The molecular formula is C20H24N6O3. The number of carbonyl (C=O) groups is 1. The van der Waals surface area contributed by atoms with E-state index < -0.39 is 0 Å². The summed E-state index contributed by atoms with van der Waals surface area (Å²) in [5.41, 5.74) is 2.88. The Morgan fingerprint density at radius 3 is 2.59 bits per heavy atom. The van der Waals surface area contributed by atoms with Crippen LogP contribution in [0.15, 0.2) is 35.4 Å². The van der Waals surface area contributed by atoms with E-state index in [0.717, 1.165) is 11.4 Å². The van der Waals surface area contributed by atoms with E-state index in [4.69, 9.17) is 5.11 Å². The molecule has 0 unspecified atom stereocenters. The van der Waals surface area contributed by atoms with Crippen LogP contribution in [0.2, 0.25) is 0 Å². The predicted octanol–water partition coefficient (Wildman–Crippen LogP) is 0.393. The summed E-state index contributed by atoms with van der Waals surface area (Å²) >= 11 is 0. The van der Waals surface area contributed by atoms with Crippen LogP contribution in [0.25, 0.3) is 10.9 Å². The van der Waals surface area contributed by atoms with Crippen molar-refractivity contribution in [1.82, 2.24) is 24.2 Å². The Morgan fingerprint density at radius 2 is 1.93 bits per heavy atom. The van der Waals surface area contributed by atoms with Crippen LogP contribution in [0, 0.1) is 6.92 Å². The van der Waals surface area contributed by atoms with E-state index in [0.29, 0.717) is 42.8 Å². The molecular weight excluding hydrogens is 372 g/mol. The van der Waals surface area contributed by atoms with Crippen LogP contribution in [0.3, 0.4) is 0 Å². The molecule has 0 bridgehead atoms. The normalized spacial score (nSPS) is 14.6. The number of aliphatic hydroxyl groups excluding tert-OH is 1. The van der Waals surface area contributed by atoms with E-state index in [1.807, 2.05) is 37.1 Å². The molecule has 29 heavy (non-hydrogen) atoms. The number of piperazine rings is 1. The van der Waals surface area contributed by atoms with Crippen molar-refractivity contribution in [2.75, 3.05) is 37.7 Å². The van der Waals surface area contributed by atoms with Gasteiger partial charge in [0.2, 0.25) is 0 Å². The predicted molar refractivity (Wildman–Crippen MR) is 109 cm³/mol. The van der Waals surface area contributed by atoms with E-state index in [9.17, 15) is 9.59 Å². The zero-order valence-electron chi connectivity index (χ0n) is 16.6. The monoisotopic (exact) mass is 396 g/mol. The fraction of sp³-hybridized carbons (Fsp3) is 0.400. The zero-order chi connectivity index (χ0) is 20.5. The van der Waals surface area contributed by atoms with E-state index >= 15 is 0 Å². The summed E-state index contributed by atoms with van der Waals surface area (Å²) in [6.07, 6.45) is 1.47. The van der Waals surface area contributed by atoms with Gasteiger partial charge in [0.1, 0.15) is 0 Å². The molecule has 0 aliphatic carbocycles. The second-order valence-corrected chi connectivity index (χ2v) is 7.24. The SMILES string of the molecule is Cc1cc(C(=O)N2CCN(c3ccc4c(=O)n(CCO)cnc4c3)CC2)nn1C. The number of aromatic nitrogens is 4. The maximum atomic E-state index is 12.7. The maximum Gasteiger partial charge on any atom is 0.274 e. The van der Waals surface area contributed by atoms with Gasteiger partial charge < -0.3 is 14.9 Å².